The van der Waals surface area contributed by atoms with Gasteiger partial charge in [0.05, 0.1) is 11.3 Å². The molecule has 0 aliphatic carbocycles. The minimum Gasteiger partial charge on any atom is -0.368 e. The summed E-state index contributed by atoms with van der Waals surface area (Å²) in [5.41, 5.74) is 5.62. The highest BCUT2D eigenvalue weighted by atomic mass is 19.4. The Balaban J connectivity index is 2.62. The maximum atomic E-state index is 12.9. The molecule has 0 bridgehead atoms. The van der Waals surface area contributed by atoms with Gasteiger partial charge in [0.2, 0.25) is 5.95 Å². The number of hydrogen-bond acceptors (Lipinski definition) is 3. The number of nitrogens with zero attached hydrogens (tertiary/aromatic N) is 2. The van der Waals surface area contributed by atoms with Crippen LogP contribution in [0, 0.1) is 0 Å². The van der Waals surface area contributed by atoms with Crippen LogP contribution in [0.3, 0.4) is 0 Å². The zero-order valence-electron chi connectivity index (χ0n) is 10.2. The van der Waals surface area contributed by atoms with Crippen LogP contribution in [0.25, 0.3) is 11.3 Å². The van der Waals surface area contributed by atoms with Crippen LogP contribution in [0.5, 0.6) is 0 Å². The van der Waals surface area contributed by atoms with E-state index in [9.17, 15) is 13.2 Å². The molecule has 0 aliphatic rings. The molecule has 0 radical (unpaired) electrons. The third-order valence-corrected chi connectivity index (χ3v) is 2.67. The van der Waals surface area contributed by atoms with Gasteiger partial charge in [0.15, 0.2) is 0 Å². The minimum absolute atomic E-state index is 0.0128. The lowest BCUT2D eigenvalue weighted by Gasteiger charge is -2.12. The molecule has 2 aromatic rings. The van der Waals surface area contributed by atoms with E-state index in [0.717, 1.165) is 6.07 Å². The van der Waals surface area contributed by atoms with Crippen LogP contribution in [0.15, 0.2) is 30.3 Å². The molecule has 19 heavy (non-hydrogen) atoms. The number of aryl methyl sites for hydroxylation is 1. The first-order valence-electron chi connectivity index (χ1n) is 5.72. The van der Waals surface area contributed by atoms with Crippen molar-refractivity contribution in [3.63, 3.8) is 0 Å². The summed E-state index contributed by atoms with van der Waals surface area (Å²) in [6.45, 7) is 1.85. The van der Waals surface area contributed by atoms with Gasteiger partial charge in [0.25, 0.3) is 0 Å². The topological polar surface area (TPSA) is 51.8 Å². The Morgan fingerprint density at radius 2 is 1.84 bits per heavy atom. The van der Waals surface area contributed by atoms with E-state index >= 15 is 0 Å². The molecule has 1 aromatic heterocycles. The van der Waals surface area contributed by atoms with Gasteiger partial charge in [0.1, 0.15) is 0 Å². The zero-order valence-corrected chi connectivity index (χ0v) is 10.2. The Bertz CT molecular complexity index is 594. The molecule has 0 fully saturated rings. The summed E-state index contributed by atoms with van der Waals surface area (Å²) in [6.07, 6.45) is -3.85. The predicted octanol–water partition coefficient (Wildman–Crippen LogP) is 3.31. The molecule has 6 heteroatoms. The SMILES string of the molecule is CCc1cc(-c2ccccc2C(F)(F)F)nc(N)n1. The van der Waals surface area contributed by atoms with Crippen molar-refractivity contribution in [2.45, 2.75) is 19.5 Å². The lowest BCUT2D eigenvalue weighted by molar-refractivity contribution is -0.137. The van der Waals surface area contributed by atoms with Crippen molar-refractivity contribution in [1.82, 2.24) is 9.97 Å². The highest BCUT2D eigenvalue weighted by molar-refractivity contribution is 5.65. The van der Waals surface area contributed by atoms with Crippen molar-refractivity contribution in [3.05, 3.63) is 41.6 Å². The molecule has 2 rings (SSSR count). The third kappa shape index (κ3) is 2.83. The smallest absolute Gasteiger partial charge is 0.368 e. The van der Waals surface area contributed by atoms with E-state index in [4.69, 9.17) is 5.73 Å². The second kappa shape index (κ2) is 4.87. The van der Waals surface area contributed by atoms with Crippen molar-refractivity contribution in [3.8, 4) is 11.3 Å². The van der Waals surface area contributed by atoms with Gasteiger partial charge < -0.3 is 5.73 Å². The Hall–Kier alpha value is -2.11. The average Bonchev–Trinajstić information content (AvgIpc) is 2.37. The highest BCUT2D eigenvalue weighted by Crippen LogP contribution is 2.36. The van der Waals surface area contributed by atoms with Gasteiger partial charge in [-0.2, -0.15) is 13.2 Å². The van der Waals surface area contributed by atoms with E-state index < -0.39 is 11.7 Å². The molecular formula is C13H12F3N3. The first kappa shape index (κ1) is 13.3. The van der Waals surface area contributed by atoms with Gasteiger partial charge in [0, 0.05) is 11.3 Å². The van der Waals surface area contributed by atoms with Crippen LogP contribution in [-0.4, -0.2) is 9.97 Å². The molecule has 0 saturated carbocycles. The Labute approximate surface area is 108 Å². The van der Waals surface area contributed by atoms with Gasteiger partial charge in [-0.15, -0.1) is 0 Å². The van der Waals surface area contributed by atoms with Gasteiger partial charge in [-0.1, -0.05) is 25.1 Å². The van der Waals surface area contributed by atoms with E-state index in [0.29, 0.717) is 12.1 Å². The summed E-state index contributed by atoms with van der Waals surface area (Å²) in [6, 6.07) is 6.82. The summed E-state index contributed by atoms with van der Waals surface area (Å²) >= 11 is 0. The number of hydrogen-bond donors (Lipinski definition) is 1. The maximum Gasteiger partial charge on any atom is 0.417 e. The second-order valence-corrected chi connectivity index (χ2v) is 4.00. The normalized spacial score (nSPS) is 11.6. The number of nitrogen functional groups attached to an aromatic ring is 1. The molecular weight excluding hydrogens is 255 g/mol. The monoisotopic (exact) mass is 267 g/mol. The van der Waals surface area contributed by atoms with E-state index in [1.165, 1.54) is 24.3 Å². The molecule has 0 saturated heterocycles. The average molecular weight is 267 g/mol. The first-order chi connectivity index (χ1) is 8.91. The van der Waals surface area contributed by atoms with Crippen molar-refractivity contribution >= 4 is 5.95 Å². The number of nitrogens with two attached hydrogens (primary N) is 1. The van der Waals surface area contributed by atoms with E-state index in [1.54, 1.807) is 0 Å². The fourth-order valence-electron chi connectivity index (χ4n) is 1.79. The Morgan fingerprint density at radius 1 is 1.16 bits per heavy atom. The molecule has 0 atom stereocenters. The molecule has 2 N–H and O–H groups in total. The van der Waals surface area contributed by atoms with Crippen molar-refractivity contribution in [2.75, 3.05) is 5.73 Å². The maximum absolute atomic E-state index is 12.9. The number of anilines is 1. The second-order valence-electron chi connectivity index (χ2n) is 4.00. The molecule has 0 amide bonds. The Morgan fingerprint density at radius 3 is 2.47 bits per heavy atom. The fraction of sp³-hybridized carbons (Fsp3) is 0.231. The first-order valence-corrected chi connectivity index (χ1v) is 5.72. The Kier molecular flexibility index (Phi) is 3.42. The van der Waals surface area contributed by atoms with Crippen LogP contribution < -0.4 is 5.73 Å². The quantitative estimate of drug-likeness (QED) is 0.908. The lowest BCUT2D eigenvalue weighted by atomic mass is 10.0. The molecule has 1 heterocycles. The summed E-state index contributed by atoms with van der Waals surface area (Å²) < 4.78 is 38.8. The fourth-order valence-corrected chi connectivity index (χ4v) is 1.79. The van der Waals surface area contributed by atoms with Gasteiger partial charge in [-0.3, -0.25) is 0 Å². The standard InChI is InChI=1S/C13H12F3N3/c1-2-8-7-11(19-12(17)18-8)9-5-3-4-6-10(9)13(14,15)16/h3-7H,2H2,1H3,(H2,17,18,19). The van der Waals surface area contributed by atoms with Gasteiger partial charge >= 0.3 is 6.18 Å². The molecule has 0 spiro atoms. The largest absolute Gasteiger partial charge is 0.417 e. The van der Waals surface area contributed by atoms with Crippen LogP contribution >= 0.6 is 0 Å². The molecule has 0 unspecified atom stereocenters. The number of aromatic nitrogens is 2. The molecule has 0 aliphatic heterocycles. The predicted molar refractivity (Wildman–Crippen MR) is 66.3 cm³/mol. The van der Waals surface area contributed by atoms with Crippen molar-refractivity contribution < 1.29 is 13.2 Å². The number of alkyl halides is 3. The molecule has 3 nitrogen and oxygen atoms in total. The third-order valence-electron chi connectivity index (χ3n) is 2.67. The van der Waals surface area contributed by atoms with Gasteiger partial charge in [-0.25, -0.2) is 9.97 Å². The van der Waals surface area contributed by atoms with Crippen molar-refractivity contribution in [2.24, 2.45) is 0 Å². The molecule has 100 valence electrons. The van der Waals surface area contributed by atoms with Crippen molar-refractivity contribution in [1.29, 1.82) is 0 Å². The zero-order chi connectivity index (χ0) is 14.0. The summed E-state index contributed by atoms with van der Waals surface area (Å²) in [4.78, 5) is 7.85. The van der Waals surface area contributed by atoms with Crippen LogP contribution in [0.4, 0.5) is 19.1 Å². The van der Waals surface area contributed by atoms with Gasteiger partial charge in [-0.05, 0) is 18.6 Å². The number of halogens is 3. The van der Waals surface area contributed by atoms with E-state index in [1.807, 2.05) is 6.92 Å². The van der Waals surface area contributed by atoms with Crippen LogP contribution in [0.2, 0.25) is 0 Å². The lowest BCUT2D eigenvalue weighted by Crippen LogP contribution is -2.08. The summed E-state index contributed by atoms with van der Waals surface area (Å²) in [5.74, 6) is -0.0219. The van der Waals surface area contributed by atoms with Crippen LogP contribution in [-0.2, 0) is 12.6 Å². The summed E-state index contributed by atoms with van der Waals surface area (Å²) in [5, 5.41) is 0. The number of benzene rings is 1. The van der Waals surface area contributed by atoms with Crippen LogP contribution in [0.1, 0.15) is 18.2 Å². The summed E-state index contributed by atoms with van der Waals surface area (Å²) in [7, 11) is 0. The van der Waals surface area contributed by atoms with E-state index in [2.05, 4.69) is 9.97 Å². The van der Waals surface area contributed by atoms with E-state index in [-0.39, 0.29) is 17.2 Å². The number of rotatable bonds is 2. The minimum atomic E-state index is -4.43. The molecule has 1 aromatic carbocycles. The highest BCUT2D eigenvalue weighted by Gasteiger charge is 2.33.